The molecule has 2 unspecified atom stereocenters. The van der Waals surface area contributed by atoms with E-state index in [2.05, 4.69) is 32.0 Å². The fraction of sp³-hybridized carbons (Fsp3) is 0.857. The van der Waals surface area contributed by atoms with Gasteiger partial charge in [0.2, 0.25) is 0 Å². The van der Waals surface area contributed by atoms with Gasteiger partial charge in [-0.15, -0.1) is 10.2 Å². The third-order valence-electron chi connectivity index (χ3n) is 4.74. The second kappa shape index (κ2) is 6.01. The number of nitrogens with one attached hydrogen (secondary N) is 1. The summed E-state index contributed by atoms with van der Waals surface area (Å²) in [5.74, 6) is 1.13. The molecule has 2 atom stereocenters. The molecule has 0 amide bonds. The molecule has 1 aliphatic carbocycles. The maximum Gasteiger partial charge on any atom is 0.147 e. The standard InChI is InChI=1S/C14H25N5/c1-15-12-6-4-2-3-5-7-13(12)18-8-9-19-11-16-17-14(19)10-18/h11-13,15H,2-10H2,1H3. The van der Waals surface area contributed by atoms with Crippen LogP contribution in [0.15, 0.2) is 6.33 Å². The maximum absolute atomic E-state index is 4.25. The first-order valence-corrected chi connectivity index (χ1v) is 7.66. The molecule has 3 rings (SSSR count). The van der Waals surface area contributed by atoms with Gasteiger partial charge in [0.15, 0.2) is 0 Å². The molecule has 1 saturated carbocycles. The zero-order valence-corrected chi connectivity index (χ0v) is 11.9. The van der Waals surface area contributed by atoms with Crippen LogP contribution in [0.2, 0.25) is 0 Å². The largest absolute Gasteiger partial charge is 0.315 e. The Morgan fingerprint density at radius 1 is 1.16 bits per heavy atom. The summed E-state index contributed by atoms with van der Waals surface area (Å²) in [6, 6.07) is 1.30. The van der Waals surface area contributed by atoms with E-state index in [0.29, 0.717) is 12.1 Å². The summed E-state index contributed by atoms with van der Waals surface area (Å²) in [5.41, 5.74) is 0. The SMILES string of the molecule is CNC1CCCCCCC1N1CCn2cnnc2C1. The lowest BCUT2D eigenvalue weighted by Crippen LogP contribution is -2.51. The minimum Gasteiger partial charge on any atom is -0.315 e. The predicted octanol–water partition coefficient (Wildman–Crippen LogP) is 1.40. The minimum absolute atomic E-state index is 0.634. The topological polar surface area (TPSA) is 46.0 Å². The smallest absolute Gasteiger partial charge is 0.147 e. The number of rotatable bonds is 2. The van der Waals surface area contributed by atoms with Crippen molar-refractivity contribution in [3.8, 4) is 0 Å². The normalized spacial score (nSPS) is 29.5. The highest BCUT2D eigenvalue weighted by Gasteiger charge is 2.30. The van der Waals surface area contributed by atoms with Gasteiger partial charge < -0.3 is 9.88 Å². The monoisotopic (exact) mass is 263 g/mol. The van der Waals surface area contributed by atoms with E-state index in [-0.39, 0.29) is 0 Å². The summed E-state index contributed by atoms with van der Waals surface area (Å²) in [4.78, 5) is 2.62. The Bertz CT molecular complexity index is 402. The van der Waals surface area contributed by atoms with E-state index in [1.54, 1.807) is 0 Å². The van der Waals surface area contributed by atoms with Gasteiger partial charge >= 0.3 is 0 Å². The Morgan fingerprint density at radius 2 is 2.00 bits per heavy atom. The van der Waals surface area contributed by atoms with Crippen molar-refractivity contribution in [2.45, 2.75) is 63.7 Å². The lowest BCUT2D eigenvalue weighted by atomic mass is 9.91. The van der Waals surface area contributed by atoms with Crippen LogP contribution in [0.25, 0.3) is 0 Å². The molecule has 1 aromatic heterocycles. The summed E-state index contributed by atoms with van der Waals surface area (Å²) >= 11 is 0. The third kappa shape index (κ3) is 2.82. The molecule has 19 heavy (non-hydrogen) atoms. The van der Waals surface area contributed by atoms with Crippen molar-refractivity contribution >= 4 is 0 Å². The van der Waals surface area contributed by atoms with Gasteiger partial charge in [-0.3, -0.25) is 4.90 Å². The van der Waals surface area contributed by atoms with Gasteiger partial charge in [0, 0.05) is 25.2 Å². The predicted molar refractivity (Wildman–Crippen MR) is 74.8 cm³/mol. The van der Waals surface area contributed by atoms with Crippen molar-refractivity contribution < 1.29 is 0 Å². The van der Waals surface area contributed by atoms with Crippen LogP contribution in [-0.4, -0.2) is 45.3 Å². The average Bonchev–Trinajstić information content (AvgIpc) is 2.86. The molecule has 0 spiro atoms. The van der Waals surface area contributed by atoms with Gasteiger partial charge in [-0.05, 0) is 19.9 Å². The molecule has 1 N–H and O–H groups in total. The Hall–Kier alpha value is -0.940. The van der Waals surface area contributed by atoms with Crippen LogP contribution < -0.4 is 5.32 Å². The van der Waals surface area contributed by atoms with Gasteiger partial charge in [-0.2, -0.15) is 0 Å². The Balaban J connectivity index is 1.71. The molecule has 106 valence electrons. The van der Waals surface area contributed by atoms with Crippen molar-refractivity contribution in [1.82, 2.24) is 25.0 Å². The van der Waals surface area contributed by atoms with Crippen LogP contribution in [0.4, 0.5) is 0 Å². The second-order valence-electron chi connectivity index (χ2n) is 5.87. The molecular weight excluding hydrogens is 238 g/mol. The fourth-order valence-corrected chi connectivity index (χ4v) is 3.61. The highest BCUT2D eigenvalue weighted by Crippen LogP contribution is 2.24. The van der Waals surface area contributed by atoms with E-state index in [4.69, 9.17) is 0 Å². The average molecular weight is 263 g/mol. The van der Waals surface area contributed by atoms with Gasteiger partial charge in [0.25, 0.3) is 0 Å². The van der Waals surface area contributed by atoms with Gasteiger partial charge in [0.1, 0.15) is 12.2 Å². The van der Waals surface area contributed by atoms with Crippen LogP contribution >= 0.6 is 0 Å². The Morgan fingerprint density at radius 3 is 2.84 bits per heavy atom. The number of aromatic nitrogens is 3. The molecule has 0 radical (unpaired) electrons. The Labute approximate surface area is 115 Å². The molecule has 1 aromatic rings. The highest BCUT2D eigenvalue weighted by atomic mass is 15.3. The lowest BCUT2D eigenvalue weighted by Gasteiger charge is -2.40. The number of hydrogen-bond donors (Lipinski definition) is 1. The van der Waals surface area contributed by atoms with Crippen molar-refractivity contribution in [3.63, 3.8) is 0 Å². The lowest BCUT2D eigenvalue weighted by molar-refractivity contribution is 0.105. The number of fused-ring (bicyclic) bond motifs is 1. The van der Waals surface area contributed by atoms with Crippen LogP contribution in [0.3, 0.4) is 0 Å². The van der Waals surface area contributed by atoms with Crippen molar-refractivity contribution in [2.75, 3.05) is 13.6 Å². The van der Waals surface area contributed by atoms with Crippen LogP contribution in [0.5, 0.6) is 0 Å². The number of likely N-dealkylation sites (N-methyl/N-ethyl adjacent to an activating group) is 1. The first-order valence-electron chi connectivity index (χ1n) is 7.66. The molecule has 2 aliphatic rings. The summed E-state index contributed by atoms with van der Waals surface area (Å²) in [7, 11) is 2.12. The van der Waals surface area contributed by atoms with E-state index >= 15 is 0 Å². The van der Waals surface area contributed by atoms with Crippen LogP contribution in [0, 0.1) is 0 Å². The highest BCUT2D eigenvalue weighted by molar-refractivity contribution is 4.94. The molecule has 1 aliphatic heterocycles. The van der Waals surface area contributed by atoms with Crippen molar-refractivity contribution in [3.05, 3.63) is 12.2 Å². The van der Waals surface area contributed by atoms with Crippen LogP contribution in [-0.2, 0) is 13.1 Å². The van der Waals surface area contributed by atoms with E-state index in [9.17, 15) is 0 Å². The van der Waals surface area contributed by atoms with E-state index in [1.165, 1.54) is 38.5 Å². The molecule has 2 heterocycles. The molecule has 5 nitrogen and oxygen atoms in total. The van der Waals surface area contributed by atoms with Gasteiger partial charge in [0.05, 0.1) is 6.54 Å². The summed E-state index contributed by atoms with van der Waals surface area (Å²) < 4.78 is 2.19. The molecule has 0 aromatic carbocycles. The molecule has 5 heteroatoms. The Kier molecular flexibility index (Phi) is 4.13. The van der Waals surface area contributed by atoms with Crippen molar-refractivity contribution in [1.29, 1.82) is 0 Å². The zero-order chi connectivity index (χ0) is 13.1. The van der Waals surface area contributed by atoms with E-state index in [0.717, 1.165) is 25.5 Å². The summed E-state index contributed by atoms with van der Waals surface area (Å²) in [6.45, 7) is 3.13. The number of nitrogens with zero attached hydrogens (tertiary/aromatic N) is 4. The molecular formula is C14H25N5. The maximum atomic E-state index is 4.25. The second-order valence-corrected chi connectivity index (χ2v) is 5.87. The van der Waals surface area contributed by atoms with Gasteiger partial charge in [-0.1, -0.05) is 25.7 Å². The minimum atomic E-state index is 0.634. The van der Waals surface area contributed by atoms with Gasteiger partial charge in [-0.25, -0.2) is 0 Å². The fourth-order valence-electron chi connectivity index (χ4n) is 3.61. The third-order valence-corrected chi connectivity index (χ3v) is 4.74. The summed E-state index contributed by atoms with van der Waals surface area (Å²) in [6.07, 6.45) is 10.0. The van der Waals surface area contributed by atoms with E-state index < -0.39 is 0 Å². The first-order chi connectivity index (χ1) is 9.38. The zero-order valence-electron chi connectivity index (χ0n) is 11.9. The molecule has 0 saturated heterocycles. The van der Waals surface area contributed by atoms with Crippen molar-refractivity contribution in [2.24, 2.45) is 0 Å². The first kappa shape index (κ1) is 13.1. The quantitative estimate of drug-likeness (QED) is 0.876. The van der Waals surface area contributed by atoms with E-state index in [1.807, 2.05) is 6.33 Å². The molecule has 0 bridgehead atoms. The summed E-state index contributed by atoms with van der Waals surface area (Å²) in [5, 5.41) is 11.8. The van der Waals surface area contributed by atoms with Crippen LogP contribution in [0.1, 0.15) is 44.3 Å². The number of hydrogen-bond acceptors (Lipinski definition) is 4. The molecule has 1 fully saturated rings.